The number of hydrogen-bond donors (Lipinski definition) is 1. The lowest BCUT2D eigenvalue weighted by Crippen LogP contribution is -2.25. The van der Waals surface area contributed by atoms with Crippen LogP contribution in [0.5, 0.6) is 0 Å². The maximum absolute atomic E-state index is 11.7. The molecule has 1 N–H and O–H groups in total. The van der Waals surface area contributed by atoms with Gasteiger partial charge in [-0.05, 0) is 5.92 Å². The number of nitrogens with zero attached hydrogens (tertiary/aromatic N) is 3. The van der Waals surface area contributed by atoms with Gasteiger partial charge >= 0.3 is 0 Å². The number of hydrogen-bond acceptors (Lipinski definition) is 4. The van der Waals surface area contributed by atoms with Crippen LogP contribution in [-0.4, -0.2) is 34.4 Å². The zero-order valence-electron chi connectivity index (χ0n) is 10.3. The lowest BCUT2D eigenvalue weighted by Gasteiger charge is -2.15. The highest BCUT2D eigenvalue weighted by molar-refractivity contribution is 5.78. The number of nitrogens with one attached hydrogen (secondary N) is 1. The molecule has 1 aromatic heterocycles. The zero-order valence-corrected chi connectivity index (χ0v) is 10.3. The van der Waals surface area contributed by atoms with E-state index >= 15 is 0 Å². The van der Waals surface area contributed by atoms with Gasteiger partial charge in [-0.25, -0.2) is 4.98 Å². The smallest absolute Gasteiger partial charge is 0.223 e. The van der Waals surface area contributed by atoms with Gasteiger partial charge in [-0.1, -0.05) is 13.3 Å². The van der Waals surface area contributed by atoms with Crippen LogP contribution in [0.3, 0.4) is 0 Å². The molecule has 1 unspecified atom stereocenters. The Bertz CT molecular complexity index is 390. The molecule has 1 atom stereocenters. The third-order valence-corrected chi connectivity index (χ3v) is 3.19. The fraction of sp³-hybridized carbons (Fsp3) is 0.583. The van der Waals surface area contributed by atoms with Crippen LogP contribution in [0.1, 0.15) is 25.5 Å². The van der Waals surface area contributed by atoms with Gasteiger partial charge in [0.05, 0.1) is 24.6 Å². The van der Waals surface area contributed by atoms with Gasteiger partial charge < -0.3 is 10.2 Å². The van der Waals surface area contributed by atoms with E-state index in [-0.39, 0.29) is 5.91 Å². The summed E-state index contributed by atoms with van der Waals surface area (Å²) < 4.78 is 0. The van der Waals surface area contributed by atoms with Gasteiger partial charge in [-0.3, -0.25) is 9.78 Å². The number of amides is 1. The topological polar surface area (TPSA) is 58.1 Å². The van der Waals surface area contributed by atoms with Crippen LogP contribution in [0.4, 0.5) is 5.82 Å². The third kappa shape index (κ3) is 2.72. The summed E-state index contributed by atoms with van der Waals surface area (Å²) in [6.07, 6.45) is 5.15. The number of rotatable bonds is 4. The molecule has 2 heterocycles. The zero-order chi connectivity index (χ0) is 12.3. The minimum atomic E-state index is 0.233. The molecule has 5 heteroatoms. The Kier molecular flexibility index (Phi) is 3.56. The molecule has 1 aromatic rings. The Morgan fingerprint density at radius 2 is 2.29 bits per heavy atom. The average molecular weight is 234 g/mol. The van der Waals surface area contributed by atoms with E-state index in [2.05, 4.69) is 22.2 Å². The average Bonchev–Trinajstić information content (AvgIpc) is 2.71. The molecule has 1 aliphatic rings. The number of aromatic nitrogens is 2. The highest BCUT2D eigenvalue weighted by Crippen LogP contribution is 2.21. The number of likely N-dealkylation sites (tertiary alicyclic amines) is 1. The Morgan fingerprint density at radius 1 is 1.47 bits per heavy atom. The molecule has 0 bridgehead atoms. The van der Waals surface area contributed by atoms with Gasteiger partial charge in [0.25, 0.3) is 0 Å². The van der Waals surface area contributed by atoms with Crippen molar-refractivity contribution in [2.45, 2.75) is 26.3 Å². The van der Waals surface area contributed by atoms with Crippen LogP contribution in [0, 0.1) is 5.92 Å². The first-order valence-corrected chi connectivity index (χ1v) is 5.99. The Morgan fingerprint density at radius 3 is 2.82 bits per heavy atom. The molecule has 5 nitrogen and oxygen atoms in total. The van der Waals surface area contributed by atoms with Crippen molar-refractivity contribution >= 4 is 11.7 Å². The number of carbonyl (C=O) groups excluding carboxylic acids is 1. The summed E-state index contributed by atoms with van der Waals surface area (Å²) >= 11 is 0. The van der Waals surface area contributed by atoms with Crippen molar-refractivity contribution in [3.05, 3.63) is 18.1 Å². The molecule has 1 aliphatic heterocycles. The van der Waals surface area contributed by atoms with Crippen LogP contribution in [-0.2, 0) is 11.3 Å². The summed E-state index contributed by atoms with van der Waals surface area (Å²) in [5.41, 5.74) is 0.842. The van der Waals surface area contributed by atoms with Crippen LogP contribution in [0.25, 0.3) is 0 Å². The predicted molar refractivity (Wildman–Crippen MR) is 65.4 cm³/mol. The molecule has 17 heavy (non-hydrogen) atoms. The van der Waals surface area contributed by atoms with Crippen LogP contribution in [0.15, 0.2) is 12.4 Å². The molecule has 1 amide bonds. The van der Waals surface area contributed by atoms with E-state index in [1.807, 2.05) is 4.90 Å². The van der Waals surface area contributed by atoms with E-state index in [1.165, 1.54) is 0 Å². The van der Waals surface area contributed by atoms with E-state index in [9.17, 15) is 4.79 Å². The molecule has 0 saturated carbocycles. The van der Waals surface area contributed by atoms with Gasteiger partial charge in [-0.2, -0.15) is 0 Å². The minimum absolute atomic E-state index is 0.233. The van der Waals surface area contributed by atoms with Crippen LogP contribution < -0.4 is 5.32 Å². The van der Waals surface area contributed by atoms with Crippen molar-refractivity contribution in [2.75, 3.05) is 18.9 Å². The summed E-state index contributed by atoms with van der Waals surface area (Å²) in [4.78, 5) is 22.1. The summed E-state index contributed by atoms with van der Waals surface area (Å²) in [6.45, 7) is 3.56. The second-order valence-corrected chi connectivity index (χ2v) is 4.40. The normalized spacial score (nSPS) is 19.8. The molecule has 0 radical (unpaired) electrons. The number of carbonyl (C=O) groups is 1. The van der Waals surface area contributed by atoms with Gasteiger partial charge in [0.1, 0.15) is 5.82 Å². The molecular weight excluding hydrogens is 216 g/mol. The molecule has 0 aromatic carbocycles. The van der Waals surface area contributed by atoms with E-state index in [1.54, 1.807) is 19.4 Å². The van der Waals surface area contributed by atoms with Crippen molar-refractivity contribution in [3.8, 4) is 0 Å². The fourth-order valence-electron chi connectivity index (χ4n) is 2.04. The SMILES string of the molecule is CCC1CC(=O)N(Cc2cnc(NC)cn2)C1. The van der Waals surface area contributed by atoms with Gasteiger partial charge in [-0.15, -0.1) is 0 Å². The highest BCUT2D eigenvalue weighted by atomic mass is 16.2. The summed E-state index contributed by atoms with van der Waals surface area (Å²) in [5, 5.41) is 2.92. The Hall–Kier alpha value is -1.65. The standard InChI is InChI=1S/C12H18N4O/c1-3-9-4-12(17)16(7-9)8-10-5-15-11(13-2)6-14-10/h5-6,9H,3-4,7-8H2,1-2H3,(H,13,15). The van der Waals surface area contributed by atoms with E-state index in [0.29, 0.717) is 18.9 Å². The van der Waals surface area contributed by atoms with Crippen molar-refractivity contribution in [2.24, 2.45) is 5.92 Å². The maximum atomic E-state index is 11.7. The van der Waals surface area contributed by atoms with Crippen LogP contribution in [0.2, 0.25) is 0 Å². The summed E-state index contributed by atoms with van der Waals surface area (Å²) in [7, 11) is 1.81. The second kappa shape index (κ2) is 5.12. The first-order chi connectivity index (χ1) is 8.22. The molecule has 1 fully saturated rings. The lowest BCUT2D eigenvalue weighted by atomic mass is 10.1. The lowest BCUT2D eigenvalue weighted by molar-refractivity contribution is -0.128. The molecular formula is C12H18N4O. The van der Waals surface area contributed by atoms with Crippen molar-refractivity contribution in [1.29, 1.82) is 0 Å². The largest absolute Gasteiger partial charge is 0.372 e. The second-order valence-electron chi connectivity index (χ2n) is 4.40. The fourth-order valence-corrected chi connectivity index (χ4v) is 2.04. The highest BCUT2D eigenvalue weighted by Gasteiger charge is 2.28. The van der Waals surface area contributed by atoms with Gasteiger partial charge in [0, 0.05) is 20.0 Å². The molecule has 1 saturated heterocycles. The minimum Gasteiger partial charge on any atom is -0.372 e. The molecule has 0 aliphatic carbocycles. The Balaban J connectivity index is 1.98. The predicted octanol–water partition coefficient (Wildman–Crippen LogP) is 1.28. The summed E-state index contributed by atoms with van der Waals surface area (Å²) in [6, 6.07) is 0. The first kappa shape index (κ1) is 11.8. The summed E-state index contributed by atoms with van der Waals surface area (Å²) in [5.74, 6) is 1.48. The molecule has 2 rings (SSSR count). The van der Waals surface area contributed by atoms with Crippen molar-refractivity contribution in [3.63, 3.8) is 0 Å². The first-order valence-electron chi connectivity index (χ1n) is 5.99. The number of anilines is 1. The van der Waals surface area contributed by atoms with E-state index in [4.69, 9.17) is 0 Å². The van der Waals surface area contributed by atoms with Crippen LogP contribution >= 0.6 is 0 Å². The molecule has 0 spiro atoms. The van der Waals surface area contributed by atoms with Crippen molar-refractivity contribution in [1.82, 2.24) is 14.9 Å². The molecule has 92 valence electrons. The Labute approximate surface area is 101 Å². The third-order valence-electron chi connectivity index (χ3n) is 3.19. The van der Waals surface area contributed by atoms with E-state index < -0.39 is 0 Å². The van der Waals surface area contributed by atoms with E-state index in [0.717, 1.165) is 24.5 Å². The van der Waals surface area contributed by atoms with Gasteiger partial charge in [0.2, 0.25) is 5.91 Å². The monoisotopic (exact) mass is 234 g/mol. The van der Waals surface area contributed by atoms with Crippen molar-refractivity contribution < 1.29 is 4.79 Å². The maximum Gasteiger partial charge on any atom is 0.223 e. The quantitative estimate of drug-likeness (QED) is 0.852. The van der Waals surface area contributed by atoms with Gasteiger partial charge in [0.15, 0.2) is 0 Å².